The predicted molar refractivity (Wildman–Crippen MR) is 86.6 cm³/mol. The molecule has 21 heavy (non-hydrogen) atoms. The number of aromatic nitrogens is 2. The van der Waals surface area contributed by atoms with Gasteiger partial charge in [-0.15, -0.1) is 0 Å². The van der Waals surface area contributed by atoms with Crippen LogP contribution in [0.5, 0.6) is 11.5 Å². The zero-order chi connectivity index (χ0) is 15.0. The first-order chi connectivity index (χ1) is 10.1. The Bertz CT molecular complexity index is 847. The molecule has 0 amide bonds. The van der Waals surface area contributed by atoms with Crippen molar-refractivity contribution in [3.05, 3.63) is 46.2 Å². The van der Waals surface area contributed by atoms with Crippen LogP contribution in [-0.2, 0) is 0 Å². The van der Waals surface area contributed by atoms with Crippen LogP contribution in [0.4, 0.5) is 0 Å². The molecule has 108 valence electrons. The summed E-state index contributed by atoms with van der Waals surface area (Å²) in [6.07, 6.45) is 0. The molecule has 0 saturated heterocycles. The second-order valence-electron chi connectivity index (χ2n) is 4.47. The van der Waals surface area contributed by atoms with E-state index in [9.17, 15) is 0 Å². The fourth-order valence-corrected chi connectivity index (χ4v) is 2.85. The number of ether oxygens (including phenoxy) is 2. The van der Waals surface area contributed by atoms with Gasteiger partial charge in [0, 0.05) is 18.2 Å². The number of nitrogens with one attached hydrogen (secondary N) is 1. The Hall–Kier alpha value is -1.98. The van der Waals surface area contributed by atoms with Crippen molar-refractivity contribution in [2.24, 2.45) is 0 Å². The van der Waals surface area contributed by atoms with Crippen molar-refractivity contribution in [1.82, 2.24) is 9.55 Å². The lowest BCUT2D eigenvalue weighted by Gasteiger charge is -2.10. The Labute approximate surface area is 131 Å². The van der Waals surface area contributed by atoms with Crippen molar-refractivity contribution in [1.29, 1.82) is 0 Å². The summed E-state index contributed by atoms with van der Waals surface area (Å²) in [5, 5.41) is 0.627. The molecule has 0 aliphatic carbocycles. The Kier molecular flexibility index (Phi) is 3.61. The van der Waals surface area contributed by atoms with E-state index in [4.69, 9.17) is 33.3 Å². The third kappa shape index (κ3) is 2.39. The maximum atomic E-state index is 6.32. The first-order valence-corrected chi connectivity index (χ1v) is 7.05. The third-order valence-corrected chi connectivity index (χ3v) is 3.84. The fourth-order valence-electron chi connectivity index (χ4n) is 2.28. The summed E-state index contributed by atoms with van der Waals surface area (Å²) >= 11 is 11.7. The van der Waals surface area contributed by atoms with Gasteiger partial charge in [-0.1, -0.05) is 17.7 Å². The summed E-state index contributed by atoms with van der Waals surface area (Å²) in [6.45, 7) is 0. The zero-order valence-electron chi connectivity index (χ0n) is 11.5. The summed E-state index contributed by atoms with van der Waals surface area (Å²) in [7, 11) is 3.22. The number of nitrogens with zero attached hydrogens (tertiary/aromatic N) is 1. The maximum Gasteiger partial charge on any atom is 0.182 e. The monoisotopic (exact) mass is 320 g/mol. The molecule has 0 fully saturated rings. The average Bonchev–Trinajstić information content (AvgIpc) is 2.84. The van der Waals surface area contributed by atoms with Crippen LogP contribution >= 0.6 is 23.8 Å². The molecule has 0 radical (unpaired) electrons. The van der Waals surface area contributed by atoms with Gasteiger partial charge in [0.15, 0.2) is 4.77 Å². The smallest absolute Gasteiger partial charge is 0.182 e. The van der Waals surface area contributed by atoms with Crippen LogP contribution in [0.2, 0.25) is 5.02 Å². The molecule has 0 aliphatic heterocycles. The van der Waals surface area contributed by atoms with E-state index in [-0.39, 0.29) is 0 Å². The van der Waals surface area contributed by atoms with Crippen molar-refractivity contribution in [2.45, 2.75) is 0 Å². The molecule has 4 nitrogen and oxygen atoms in total. The van der Waals surface area contributed by atoms with Gasteiger partial charge in [0.05, 0.1) is 36.0 Å². The first-order valence-electron chi connectivity index (χ1n) is 6.26. The number of methoxy groups -OCH3 is 2. The summed E-state index contributed by atoms with van der Waals surface area (Å²) in [5.41, 5.74) is 2.55. The predicted octanol–water partition coefficient (Wildman–Crippen LogP) is 4.36. The lowest BCUT2D eigenvalue weighted by atomic mass is 10.2. The fraction of sp³-hybridized carbons (Fsp3) is 0.133. The van der Waals surface area contributed by atoms with Crippen molar-refractivity contribution in [3.8, 4) is 17.2 Å². The van der Waals surface area contributed by atoms with Gasteiger partial charge in [-0.25, -0.2) is 0 Å². The number of benzene rings is 2. The Balaban J connectivity index is 2.35. The van der Waals surface area contributed by atoms with Crippen LogP contribution in [-0.4, -0.2) is 23.8 Å². The number of halogens is 1. The van der Waals surface area contributed by atoms with Gasteiger partial charge >= 0.3 is 0 Å². The number of fused-ring (bicyclic) bond motifs is 1. The highest BCUT2D eigenvalue weighted by Crippen LogP contribution is 2.30. The van der Waals surface area contributed by atoms with E-state index in [1.807, 2.05) is 41.0 Å². The van der Waals surface area contributed by atoms with Crippen LogP contribution < -0.4 is 9.47 Å². The second-order valence-corrected chi connectivity index (χ2v) is 5.27. The highest BCUT2D eigenvalue weighted by molar-refractivity contribution is 7.71. The number of imidazole rings is 1. The van der Waals surface area contributed by atoms with E-state index in [0.717, 1.165) is 16.7 Å². The number of rotatable bonds is 3. The van der Waals surface area contributed by atoms with Crippen molar-refractivity contribution >= 4 is 34.9 Å². The maximum absolute atomic E-state index is 6.32. The lowest BCUT2D eigenvalue weighted by Crippen LogP contribution is -1.97. The highest BCUT2D eigenvalue weighted by Gasteiger charge is 2.12. The molecule has 1 aromatic heterocycles. The normalized spacial score (nSPS) is 10.8. The standard InChI is InChI=1S/C15H13ClN2O2S/c1-19-10-6-9(7-11(8-10)20-2)18-14-12(16)4-3-5-13(14)17-15(18)21/h3-8H,1-2H3,(H,17,21). The van der Waals surface area contributed by atoms with E-state index in [2.05, 4.69) is 4.98 Å². The largest absolute Gasteiger partial charge is 0.497 e. The number of aromatic amines is 1. The molecular weight excluding hydrogens is 308 g/mol. The summed E-state index contributed by atoms with van der Waals surface area (Å²) < 4.78 is 13.1. The minimum Gasteiger partial charge on any atom is -0.497 e. The Morgan fingerprint density at radius 2 is 1.76 bits per heavy atom. The number of hydrogen-bond acceptors (Lipinski definition) is 3. The Morgan fingerprint density at radius 1 is 1.10 bits per heavy atom. The van der Waals surface area contributed by atoms with Gasteiger partial charge in [0.2, 0.25) is 0 Å². The van der Waals surface area contributed by atoms with Gasteiger partial charge in [0.25, 0.3) is 0 Å². The van der Waals surface area contributed by atoms with Gasteiger partial charge in [-0.3, -0.25) is 4.57 Å². The molecule has 1 heterocycles. The molecule has 3 rings (SSSR count). The molecule has 0 saturated carbocycles. The zero-order valence-corrected chi connectivity index (χ0v) is 13.1. The lowest BCUT2D eigenvalue weighted by molar-refractivity contribution is 0.394. The van der Waals surface area contributed by atoms with E-state index in [0.29, 0.717) is 21.3 Å². The van der Waals surface area contributed by atoms with E-state index >= 15 is 0 Å². The molecule has 0 spiro atoms. The van der Waals surface area contributed by atoms with Crippen LogP contribution in [0.25, 0.3) is 16.7 Å². The molecule has 6 heteroatoms. The van der Waals surface area contributed by atoms with Crippen LogP contribution in [0, 0.1) is 4.77 Å². The number of hydrogen-bond donors (Lipinski definition) is 1. The molecular formula is C15H13ClN2O2S. The summed E-state index contributed by atoms with van der Waals surface area (Å²) in [6, 6.07) is 11.2. The average molecular weight is 321 g/mol. The van der Waals surface area contributed by atoms with Gasteiger partial charge < -0.3 is 14.5 Å². The van der Waals surface area contributed by atoms with Crippen molar-refractivity contribution < 1.29 is 9.47 Å². The minimum absolute atomic E-state index is 0.563. The molecule has 2 aromatic carbocycles. The van der Waals surface area contributed by atoms with Crippen molar-refractivity contribution in [2.75, 3.05) is 14.2 Å². The van der Waals surface area contributed by atoms with E-state index in [1.54, 1.807) is 14.2 Å². The highest BCUT2D eigenvalue weighted by atomic mass is 35.5. The van der Waals surface area contributed by atoms with E-state index in [1.165, 1.54) is 0 Å². The number of para-hydroxylation sites is 1. The summed E-state index contributed by atoms with van der Waals surface area (Å²) in [5.74, 6) is 1.38. The third-order valence-electron chi connectivity index (χ3n) is 3.25. The van der Waals surface area contributed by atoms with Gasteiger partial charge in [-0.2, -0.15) is 0 Å². The van der Waals surface area contributed by atoms with Gasteiger partial charge in [0.1, 0.15) is 11.5 Å². The molecule has 0 bridgehead atoms. The molecule has 3 aromatic rings. The molecule has 0 atom stereocenters. The SMILES string of the molecule is COc1cc(OC)cc(-n2c(=S)[nH]c3cccc(Cl)c32)c1. The summed E-state index contributed by atoms with van der Waals surface area (Å²) in [4.78, 5) is 3.15. The van der Waals surface area contributed by atoms with Crippen LogP contribution in [0.15, 0.2) is 36.4 Å². The molecule has 0 unspecified atom stereocenters. The molecule has 0 aliphatic rings. The van der Waals surface area contributed by atoms with Gasteiger partial charge in [-0.05, 0) is 24.4 Å². The van der Waals surface area contributed by atoms with Crippen molar-refractivity contribution in [3.63, 3.8) is 0 Å². The van der Waals surface area contributed by atoms with E-state index < -0.39 is 0 Å². The van der Waals surface area contributed by atoms with Crippen LogP contribution in [0.3, 0.4) is 0 Å². The second kappa shape index (κ2) is 5.42. The van der Waals surface area contributed by atoms with Crippen LogP contribution in [0.1, 0.15) is 0 Å². The molecule has 1 N–H and O–H groups in total. The quantitative estimate of drug-likeness (QED) is 0.729. The number of H-pyrrole nitrogens is 1. The topological polar surface area (TPSA) is 39.2 Å². The Morgan fingerprint density at radius 3 is 2.38 bits per heavy atom. The minimum atomic E-state index is 0.563. The first kappa shape index (κ1) is 14.0.